The van der Waals surface area contributed by atoms with Gasteiger partial charge in [0, 0.05) is 26.0 Å². The first-order chi connectivity index (χ1) is 10.2. The van der Waals surface area contributed by atoms with E-state index in [4.69, 9.17) is 32.7 Å². The summed E-state index contributed by atoms with van der Waals surface area (Å²) in [6.45, 7) is 2.59. The third-order valence-corrected chi connectivity index (χ3v) is 3.82. The average molecular weight is 333 g/mol. The molecule has 1 aromatic heterocycles. The molecule has 1 aliphatic rings. The Labute approximate surface area is 133 Å². The lowest BCUT2D eigenvalue weighted by molar-refractivity contribution is 0.0166. The van der Waals surface area contributed by atoms with E-state index in [0.29, 0.717) is 25.3 Å². The molecule has 0 radical (unpaired) electrons. The van der Waals surface area contributed by atoms with Crippen molar-refractivity contribution in [3.63, 3.8) is 0 Å². The summed E-state index contributed by atoms with van der Waals surface area (Å²) in [6, 6.07) is 1.50. The molecule has 1 saturated heterocycles. The molecule has 0 aliphatic carbocycles. The highest BCUT2D eigenvalue weighted by Gasteiger charge is 2.15. The lowest BCUT2D eigenvalue weighted by atomic mass is 10.2. The number of nitrogens with zero attached hydrogens (tertiary/aromatic N) is 1. The lowest BCUT2D eigenvalue weighted by Gasteiger charge is -2.10. The van der Waals surface area contributed by atoms with Crippen molar-refractivity contribution in [3.8, 4) is 0 Å². The molecule has 116 valence electrons. The molecule has 1 fully saturated rings. The van der Waals surface area contributed by atoms with Crippen LogP contribution in [0.1, 0.15) is 29.6 Å². The van der Waals surface area contributed by atoms with E-state index in [1.165, 1.54) is 12.3 Å². The van der Waals surface area contributed by atoms with Crippen molar-refractivity contribution in [2.45, 2.75) is 25.4 Å². The van der Waals surface area contributed by atoms with Gasteiger partial charge in [0.05, 0.1) is 23.3 Å². The van der Waals surface area contributed by atoms with Crippen LogP contribution in [-0.2, 0) is 9.47 Å². The molecule has 1 amide bonds. The van der Waals surface area contributed by atoms with Gasteiger partial charge in [-0.1, -0.05) is 23.2 Å². The maximum Gasteiger partial charge on any atom is 0.252 e. The van der Waals surface area contributed by atoms with Crippen LogP contribution in [0.25, 0.3) is 0 Å². The van der Waals surface area contributed by atoms with Gasteiger partial charge >= 0.3 is 0 Å². The summed E-state index contributed by atoms with van der Waals surface area (Å²) < 4.78 is 11.0. The number of aromatic nitrogens is 1. The maximum absolute atomic E-state index is 11.8. The average Bonchev–Trinajstić information content (AvgIpc) is 2.98. The highest BCUT2D eigenvalue weighted by Crippen LogP contribution is 2.19. The van der Waals surface area contributed by atoms with E-state index in [9.17, 15) is 4.79 Å². The zero-order valence-electron chi connectivity index (χ0n) is 11.6. The van der Waals surface area contributed by atoms with E-state index < -0.39 is 0 Å². The summed E-state index contributed by atoms with van der Waals surface area (Å²) in [4.78, 5) is 15.7. The fourth-order valence-electron chi connectivity index (χ4n) is 2.01. The zero-order chi connectivity index (χ0) is 15.1. The predicted molar refractivity (Wildman–Crippen MR) is 81.0 cm³/mol. The van der Waals surface area contributed by atoms with E-state index in [1.807, 2.05) is 0 Å². The number of carbonyl (C=O) groups excluding carboxylic acids is 1. The van der Waals surface area contributed by atoms with Gasteiger partial charge in [-0.05, 0) is 25.3 Å². The molecule has 0 bridgehead atoms. The number of hydrogen-bond acceptors (Lipinski definition) is 4. The van der Waals surface area contributed by atoms with Crippen molar-refractivity contribution in [2.24, 2.45) is 0 Å². The third-order valence-electron chi connectivity index (χ3n) is 3.14. The Hall–Kier alpha value is -0.880. The van der Waals surface area contributed by atoms with Gasteiger partial charge in [-0.25, -0.2) is 4.98 Å². The molecule has 1 atom stereocenters. The van der Waals surface area contributed by atoms with Crippen LogP contribution in [0.3, 0.4) is 0 Å². The minimum Gasteiger partial charge on any atom is -0.379 e. The van der Waals surface area contributed by atoms with Crippen molar-refractivity contribution in [1.29, 1.82) is 0 Å². The number of halogens is 2. The van der Waals surface area contributed by atoms with Gasteiger partial charge < -0.3 is 14.8 Å². The van der Waals surface area contributed by atoms with Gasteiger partial charge in [-0.2, -0.15) is 0 Å². The molecule has 1 aliphatic heterocycles. The van der Waals surface area contributed by atoms with E-state index in [1.54, 1.807) is 0 Å². The summed E-state index contributed by atoms with van der Waals surface area (Å²) >= 11 is 11.5. The number of ether oxygens (including phenoxy) is 2. The summed E-state index contributed by atoms with van der Waals surface area (Å²) in [5.74, 6) is -0.222. The highest BCUT2D eigenvalue weighted by molar-refractivity contribution is 6.41. The maximum atomic E-state index is 11.8. The minimum absolute atomic E-state index is 0.191. The molecule has 21 heavy (non-hydrogen) atoms. The number of amides is 1. The van der Waals surface area contributed by atoms with E-state index >= 15 is 0 Å². The van der Waals surface area contributed by atoms with Crippen LogP contribution >= 0.6 is 23.2 Å². The number of rotatable bonds is 7. The molecular weight excluding hydrogens is 315 g/mol. The molecule has 5 nitrogen and oxygen atoms in total. The monoisotopic (exact) mass is 332 g/mol. The molecule has 7 heteroatoms. The summed E-state index contributed by atoms with van der Waals surface area (Å²) in [5, 5.41) is 3.24. The van der Waals surface area contributed by atoms with Crippen LogP contribution in [0, 0.1) is 0 Å². The van der Waals surface area contributed by atoms with Gasteiger partial charge in [0.15, 0.2) is 0 Å². The van der Waals surface area contributed by atoms with Gasteiger partial charge in [0.25, 0.3) is 5.91 Å². The van der Waals surface area contributed by atoms with Gasteiger partial charge in [-0.15, -0.1) is 0 Å². The molecule has 1 N–H and O–H groups in total. The Balaban J connectivity index is 1.59. The summed E-state index contributed by atoms with van der Waals surface area (Å²) in [7, 11) is 0. The Bertz CT molecular complexity index is 479. The second-order valence-electron chi connectivity index (χ2n) is 4.82. The van der Waals surface area contributed by atoms with Crippen LogP contribution in [0.5, 0.6) is 0 Å². The SMILES string of the molecule is O=C(NCCCOCC1CCCO1)c1cnc(Cl)c(Cl)c1. The topological polar surface area (TPSA) is 60.5 Å². The summed E-state index contributed by atoms with van der Waals surface area (Å²) in [5.41, 5.74) is 0.393. The van der Waals surface area contributed by atoms with E-state index in [2.05, 4.69) is 10.3 Å². The third kappa shape index (κ3) is 5.43. The number of carbonyl (C=O) groups is 1. The molecule has 0 aromatic carbocycles. The minimum atomic E-state index is -0.222. The van der Waals surface area contributed by atoms with Crippen LogP contribution in [0.4, 0.5) is 0 Å². The number of pyridine rings is 1. The zero-order valence-corrected chi connectivity index (χ0v) is 13.1. The fourth-order valence-corrected chi connectivity index (χ4v) is 2.28. The first-order valence-electron chi connectivity index (χ1n) is 6.95. The Morgan fingerprint density at radius 1 is 1.52 bits per heavy atom. The molecule has 2 heterocycles. The predicted octanol–water partition coefficient (Wildman–Crippen LogP) is 2.70. The van der Waals surface area contributed by atoms with Gasteiger partial charge in [0.2, 0.25) is 0 Å². The van der Waals surface area contributed by atoms with E-state index in [-0.39, 0.29) is 22.2 Å². The molecule has 2 rings (SSSR count). The van der Waals surface area contributed by atoms with Crippen molar-refractivity contribution in [3.05, 3.63) is 28.0 Å². The van der Waals surface area contributed by atoms with Crippen molar-refractivity contribution in [1.82, 2.24) is 10.3 Å². The Kier molecular flexibility index (Phi) is 6.70. The normalized spacial score (nSPS) is 17.9. The standard InChI is InChI=1S/C14H18Cl2N2O3/c15-12-7-10(8-18-13(12)16)14(19)17-4-2-5-20-9-11-3-1-6-21-11/h7-8,11H,1-6,9H2,(H,17,19). The fraction of sp³-hybridized carbons (Fsp3) is 0.571. The van der Waals surface area contributed by atoms with Crippen molar-refractivity contribution < 1.29 is 14.3 Å². The molecule has 0 spiro atoms. The first kappa shape index (κ1) is 16.5. The number of hydrogen-bond donors (Lipinski definition) is 1. The van der Waals surface area contributed by atoms with Crippen LogP contribution < -0.4 is 5.32 Å². The smallest absolute Gasteiger partial charge is 0.252 e. The molecule has 0 saturated carbocycles. The van der Waals surface area contributed by atoms with Crippen molar-refractivity contribution >= 4 is 29.1 Å². The van der Waals surface area contributed by atoms with Crippen LogP contribution in [-0.4, -0.2) is 43.4 Å². The summed E-state index contributed by atoms with van der Waals surface area (Å²) in [6.07, 6.45) is 4.56. The van der Waals surface area contributed by atoms with Gasteiger partial charge in [-0.3, -0.25) is 4.79 Å². The van der Waals surface area contributed by atoms with Crippen LogP contribution in [0.15, 0.2) is 12.3 Å². The largest absolute Gasteiger partial charge is 0.379 e. The van der Waals surface area contributed by atoms with Crippen molar-refractivity contribution in [2.75, 3.05) is 26.4 Å². The molecule has 1 unspecified atom stereocenters. The quantitative estimate of drug-likeness (QED) is 0.616. The molecular formula is C14H18Cl2N2O3. The van der Waals surface area contributed by atoms with E-state index in [0.717, 1.165) is 25.9 Å². The molecule has 1 aromatic rings. The van der Waals surface area contributed by atoms with Crippen LogP contribution in [0.2, 0.25) is 10.2 Å². The first-order valence-corrected chi connectivity index (χ1v) is 7.71. The lowest BCUT2D eigenvalue weighted by Crippen LogP contribution is -2.25. The second-order valence-corrected chi connectivity index (χ2v) is 5.58. The second kappa shape index (κ2) is 8.54. The Morgan fingerprint density at radius 2 is 2.38 bits per heavy atom. The highest BCUT2D eigenvalue weighted by atomic mass is 35.5. The number of nitrogens with one attached hydrogen (secondary N) is 1. The van der Waals surface area contributed by atoms with Gasteiger partial charge in [0.1, 0.15) is 5.15 Å². The Morgan fingerprint density at radius 3 is 3.10 bits per heavy atom.